The first-order valence-electron chi connectivity index (χ1n) is 8.40. The summed E-state index contributed by atoms with van der Waals surface area (Å²) in [6.07, 6.45) is 0.253. The molecule has 0 saturated carbocycles. The van der Waals surface area contributed by atoms with E-state index in [2.05, 4.69) is 21.0 Å². The molecule has 0 aromatic heterocycles. The van der Waals surface area contributed by atoms with Crippen molar-refractivity contribution in [3.8, 4) is 17.6 Å². The summed E-state index contributed by atoms with van der Waals surface area (Å²) in [5.74, 6) is 0.528. The first kappa shape index (κ1) is 18.9. The number of carboxylic acids is 1. The van der Waals surface area contributed by atoms with Crippen molar-refractivity contribution in [2.75, 3.05) is 5.01 Å². The van der Waals surface area contributed by atoms with Crippen molar-refractivity contribution in [1.29, 1.82) is 5.26 Å². The van der Waals surface area contributed by atoms with Gasteiger partial charge in [-0.2, -0.15) is 10.4 Å². The predicted molar refractivity (Wildman–Crippen MR) is 106 cm³/mol. The molecule has 2 aromatic carbocycles. The molecule has 1 heterocycles. The molecule has 0 spiro atoms. The molecule has 7 heteroatoms. The van der Waals surface area contributed by atoms with E-state index in [-0.39, 0.29) is 12.5 Å². The second kappa shape index (κ2) is 7.80. The van der Waals surface area contributed by atoms with Gasteiger partial charge in [-0.25, -0.2) is 0 Å². The van der Waals surface area contributed by atoms with E-state index in [1.165, 1.54) is 0 Å². The molecule has 1 aliphatic heterocycles. The summed E-state index contributed by atoms with van der Waals surface area (Å²) in [4.78, 5) is 11.1. The Morgan fingerprint density at radius 1 is 1.33 bits per heavy atom. The van der Waals surface area contributed by atoms with Crippen molar-refractivity contribution < 1.29 is 14.6 Å². The van der Waals surface area contributed by atoms with E-state index in [4.69, 9.17) is 15.1 Å². The van der Waals surface area contributed by atoms with Crippen molar-refractivity contribution in [1.82, 2.24) is 0 Å². The lowest BCUT2D eigenvalue weighted by Crippen LogP contribution is -2.28. The molecule has 0 fully saturated rings. The van der Waals surface area contributed by atoms with Gasteiger partial charge in [-0.3, -0.25) is 9.80 Å². The Kier molecular flexibility index (Phi) is 5.47. The zero-order chi connectivity index (χ0) is 19.6. The summed E-state index contributed by atoms with van der Waals surface area (Å²) in [5.41, 5.74) is 3.16. The standard InChI is InChI=1S/C20H18BrN3O3/c1-12-8-19(13(2)7-18(12)21)27-17-5-3-15(4-6-17)24-16(10-20(25)26)9-14(11-22)23-24/h3-8,16H,9-10H2,1-2H3,(H,25,26). The SMILES string of the molecule is Cc1cc(Oc2ccc(N3N=C(C#N)CC3CC(=O)O)cc2)c(C)cc1Br. The molecule has 0 saturated heterocycles. The highest BCUT2D eigenvalue weighted by atomic mass is 79.9. The summed E-state index contributed by atoms with van der Waals surface area (Å²) in [6, 6.07) is 12.9. The van der Waals surface area contributed by atoms with E-state index in [0.29, 0.717) is 17.9 Å². The highest BCUT2D eigenvalue weighted by Gasteiger charge is 2.29. The van der Waals surface area contributed by atoms with Gasteiger partial charge < -0.3 is 9.84 Å². The number of carbonyl (C=O) groups is 1. The molecule has 0 amide bonds. The molecule has 0 radical (unpaired) electrons. The van der Waals surface area contributed by atoms with Gasteiger partial charge in [0.1, 0.15) is 23.3 Å². The Morgan fingerprint density at radius 3 is 2.67 bits per heavy atom. The summed E-state index contributed by atoms with van der Waals surface area (Å²) in [7, 11) is 0. The number of ether oxygens (including phenoxy) is 1. The van der Waals surface area contributed by atoms with Gasteiger partial charge in [-0.1, -0.05) is 15.9 Å². The van der Waals surface area contributed by atoms with E-state index in [0.717, 1.165) is 27.0 Å². The second-order valence-corrected chi connectivity index (χ2v) is 7.28. The van der Waals surface area contributed by atoms with Gasteiger partial charge >= 0.3 is 5.97 Å². The highest BCUT2D eigenvalue weighted by molar-refractivity contribution is 9.10. The van der Waals surface area contributed by atoms with Crippen molar-refractivity contribution >= 4 is 33.3 Å². The van der Waals surface area contributed by atoms with E-state index in [1.807, 2.05) is 56.3 Å². The Bertz CT molecular complexity index is 948. The van der Waals surface area contributed by atoms with Crippen LogP contribution >= 0.6 is 15.9 Å². The van der Waals surface area contributed by atoms with E-state index in [9.17, 15) is 4.79 Å². The van der Waals surface area contributed by atoms with Gasteiger partial charge in [0.15, 0.2) is 0 Å². The number of benzene rings is 2. The monoisotopic (exact) mass is 427 g/mol. The van der Waals surface area contributed by atoms with Crippen LogP contribution in [0.3, 0.4) is 0 Å². The van der Waals surface area contributed by atoms with Gasteiger partial charge in [0.25, 0.3) is 0 Å². The number of aryl methyl sites for hydroxylation is 2. The molecule has 138 valence electrons. The number of hydrazone groups is 1. The quantitative estimate of drug-likeness (QED) is 0.740. The van der Waals surface area contributed by atoms with Crippen LogP contribution in [0.4, 0.5) is 5.69 Å². The van der Waals surface area contributed by atoms with Crippen molar-refractivity contribution in [3.63, 3.8) is 0 Å². The average molecular weight is 428 g/mol. The summed E-state index contributed by atoms with van der Waals surface area (Å²) in [5, 5.41) is 24.0. The third kappa shape index (κ3) is 4.29. The van der Waals surface area contributed by atoms with E-state index < -0.39 is 5.97 Å². The zero-order valence-corrected chi connectivity index (χ0v) is 16.5. The molecular formula is C20H18BrN3O3. The molecule has 1 aliphatic rings. The van der Waals surface area contributed by atoms with Crippen LogP contribution in [0.5, 0.6) is 11.5 Å². The number of rotatable bonds is 5. The number of anilines is 1. The lowest BCUT2D eigenvalue weighted by atomic mass is 10.1. The molecule has 0 bridgehead atoms. The third-order valence-corrected chi connectivity index (χ3v) is 5.18. The van der Waals surface area contributed by atoms with Gasteiger partial charge in [-0.05, 0) is 61.4 Å². The number of halogens is 1. The Hall–Kier alpha value is -2.85. The van der Waals surface area contributed by atoms with Crippen LogP contribution in [0.1, 0.15) is 24.0 Å². The van der Waals surface area contributed by atoms with Gasteiger partial charge in [-0.15, -0.1) is 0 Å². The fourth-order valence-corrected chi connectivity index (χ4v) is 3.38. The zero-order valence-electron chi connectivity index (χ0n) is 14.9. The molecule has 3 rings (SSSR count). The number of nitriles is 1. The minimum atomic E-state index is -0.916. The molecule has 1 N–H and O–H groups in total. The molecule has 27 heavy (non-hydrogen) atoms. The number of carboxylic acid groups (broad SMARTS) is 1. The van der Waals surface area contributed by atoms with Crippen molar-refractivity contribution in [3.05, 3.63) is 52.0 Å². The summed E-state index contributed by atoms with van der Waals surface area (Å²) in [6.45, 7) is 3.98. The molecule has 1 atom stereocenters. The van der Waals surface area contributed by atoms with Crippen molar-refractivity contribution in [2.24, 2.45) is 5.10 Å². The molecular weight excluding hydrogens is 410 g/mol. The van der Waals surface area contributed by atoms with Crippen LogP contribution in [0.15, 0.2) is 46.0 Å². The number of hydrogen-bond donors (Lipinski definition) is 1. The maximum atomic E-state index is 11.1. The number of hydrogen-bond acceptors (Lipinski definition) is 5. The fourth-order valence-electron chi connectivity index (χ4n) is 2.92. The minimum Gasteiger partial charge on any atom is -0.481 e. The summed E-state index contributed by atoms with van der Waals surface area (Å²) >= 11 is 3.51. The minimum absolute atomic E-state index is 0.0791. The first-order chi connectivity index (χ1) is 12.9. The second-order valence-electron chi connectivity index (χ2n) is 6.42. The van der Waals surface area contributed by atoms with Crippen molar-refractivity contribution in [2.45, 2.75) is 32.7 Å². The first-order valence-corrected chi connectivity index (χ1v) is 9.20. The van der Waals surface area contributed by atoms with Gasteiger partial charge in [0, 0.05) is 10.9 Å². The number of nitrogens with zero attached hydrogens (tertiary/aromatic N) is 3. The molecule has 1 unspecified atom stereocenters. The maximum Gasteiger partial charge on any atom is 0.305 e. The Morgan fingerprint density at radius 2 is 2.04 bits per heavy atom. The van der Waals surface area contributed by atoms with E-state index >= 15 is 0 Å². The lowest BCUT2D eigenvalue weighted by molar-refractivity contribution is -0.137. The van der Waals surface area contributed by atoms with Crippen LogP contribution in [0.2, 0.25) is 0 Å². The largest absolute Gasteiger partial charge is 0.481 e. The number of aliphatic carboxylic acids is 1. The predicted octanol–water partition coefficient (Wildman–Crippen LogP) is 4.79. The van der Waals surface area contributed by atoms with E-state index in [1.54, 1.807) is 5.01 Å². The third-order valence-electron chi connectivity index (χ3n) is 4.33. The van der Waals surface area contributed by atoms with Crippen LogP contribution < -0.4 is 9.75 Å². The van der Waals surface area contributed by atoms with Crippen LogP contribution in [-0.4, -0.2) is 22.8 Å². The fraction of sp³-hybridized carbons (Fsp3) is 0.250. The smallest absolute Gasteiger partial charge is 0.305 e. The van der Waals surface area contributed by atoms with Crippen LogP contribution in [0.25, 0.3) is 0 Å². The van der Waals surface area contributed by atoms with Crippen LogP contribution in [-0.2, 0) is 4.79 Å². The molecule has 0 aliphatic carbocycles. The highest BCUT2D eigenvalue weighted by Crippen LogP contribution is 2.32. The van der Waals surface area contributed by atoms with Gasteiger partial charge in [0.2, 0.25) is 0 Å². The summed E-state index contributed by atoms with van der Waals surface area (Å²) < 4.78 is 7.01. The Balaban J connectivity index is 1.80. The normalized spacial score (nSPS) is 16.0. The maximum absolute atomic E-state index is 11.1. The van der Waals surface area contributed by atoms with Crippen LogP contribution in [0, 0.1) is 25.2 Å². The van der Waals surface area contributed by atoms with Gasteiger partial charge in [0.05, 0.1) is 18.2 Å². The topological polar surface area (TPSA) is 85.9 Å². The molecule has 6 nitrogen and oxygen atoms in total. The molecule has 2 aromatic rings. The Labute approximate surface area is 165 Å². The lowest BCUT2D eigenvalue weighted by Gasteiger charge is -2.22. The average Bonchev–Trinajstić information content (AvgIpc) is 3.02.